The molecule has 0 aliphatic heterocycles. The predicted molar refractivity (Wildman–Crippen MR) is 143 cm³/mol. The first-order valence-corrected chi connectivity index (χ1v) is 12.3. The van der Waals surface area contributed by atoms with Crippen molar-refractivity contribution < 1.29 is 27.2 Å². The van der Waals surface area contributed by atoms with Gasteiger partial charge in [-0.15, -0.1) is 0 Å². The second-order valence-corrected chi connectivity index (χ2v) is 8.90. The Kier molecular flexibility index (Phi) is 7.50. The van der Waals surface area contributed by atoms with E-state index in [4.69, 9.17) is 4.42 Å². The highest BCUT2D eigenvalue weighted by Crippen LogP contribution is 2.30. The summed E-state index contributed by atoms with van der Waals surface area (Å²) in [4.78, 5) is 27.8. The molecule has 0 unspecified atom stereocenters. The third-order valence-electron chi connectivity index (χ3n) is 6.03. The van der Waals surface area contributed by atoms with E-state index in [0.717, 1.165) is 28.7 Å². The summed E-state index contributed by atoms with van der Waals surface area (Å²) < 4.78 is 46.8. The van der Waals surface area contributed by atoms with Gasteiger partial charge in [-0.3, -0.25) is 9.59 Å². The molecule has 0 saturated carbocycles. The number of aromatic nitrogens is 2. The Morgan fingerprint density at radius 1 is 0.875 bits per heavy atom. The number of carbonyl (C=O) groups is 2. The summed E-state index contributed by atoms with van der Waals surface area (Å²) in [7, 11) is 0. The maximum absolute atomic E-state index is 13.3. The molecule has 2 amide bonds. The van der Waals surface area contributed by atoms with E-state index in [2.05, 4.69) is 10.4 Å². The first-order chi connectivity index (χ1) is 19.3. The minimum Gasteiger partial charge on any atom is -0.467 e. The number of anilines is 1. The number of nitrogens with one attached hydrogen (secondary N) is 1. The van der Waals surface area contributed by atoms with E-state index in [9.17, 15) is 22.8 Å². The number of hydrogen-bond donors (Lipinski definition) is 1. The van der Waals surface area contributed by atoms with Gasteiger partial charge in [0, 0.05) is 17.2 Å². The molecule has 2 aromatic heterocycles. The fraction of sp³-hybridized carbons (Fsp3) is 0.100. The van der Waals surface area contributed by atoms with Crippen LogP contribution in [-0.2, 0) is 17.5 Å². The lowest BCUT2D eigenvalue weighted by molar-refractivity contribution is -0.137. The molecule has 0 saturated heterocycles. The van der Waals surface area contributed by atoms with E-state index in [-0.39, 0.29) is 12.1 Å². The summed E-state index contributed by atoms with van der Waals surface area (Å²) >= 11 is 0. The van der Waals surface area contributed by atoms with Gasteiger partial charge in [-0.1, -0.05) is 54.6 Å². The summed E-state index contributed by atoms with van der Waals surface area (Å²) in [5.41, 5.74) is 1.00. The highest BCUT2D eigenvalue weighted by atomic mass is 19.4. The van der Waals surface area contributed by atoms with Gasteiger partial charge in [0.2, 0.25) is 5.91 Å². The summed E-state index contributed by atoms with van der Waals surface area (Å²) in [6, 6.07) is 27.6. The number of nitrogens with zero attached hydrogens (tertiary/aromatic N) is 3. The Bertz CT molecular complexity index is 1600. The SMILES string of the molecule is O=C(CN(Cc1ccco1)C(=O)c1cccc(C(F)(F)F)c1)Nc1cc(-c2ccccc2)nn1-c1ccccc1. The molecule has 1 N–H and O–H groups in total. The molecular weight excluding hydrogens is 521 g/mol. The molecule has 40 heavy (non-hydrogen) atoms. The van der Waals surface area contributed by atoms with Gasteiger partial charge in [0.05, 0.1) is 29.8 Å². The molecule has 5 aromatic rings. The summed E-state index contributed by atoms with van der Waals surface area (Å²) in [6.45, 7) is -0.570. The fourth-order valence-electron chi connectivity index (χ4n) is 4.14. The van der Waals surface area contributed by atoms with Crippen LogP contribution in [0, 0.1) is 0 Å². The van der Waals surface area contributed by atoms with Crippen molar-refractivity contribution in [3.05, 3.63) is 126 Å². The van der Waals surface area contributed by atoms with Gasteiger partial charge in [-0.2, -0.15) is 18.3 Å². The van der Waals surface area contributed by atoms with Crippen molar-refractivity contribution in [1.29, 1.82) is 0 Å². The lowest BCUT2D eigenvalue weighted by atomic mass is 10.1. The zero-order valence-corrected chi connectivity index (χ0v) is 21.0. The fourth-order valence-corrected chi connectivity index (χ4v) is 4.14. The Morgan fingerprint density at radius 3 is 2.27 bits per heavy atom. The minimum atomic E-state index is -4.62. The number of alkyl halides is 3. The van der Waals surface area contributed by atoms with Crippen molar-refractivity contribution in [2.75, 3.05) is 11.9 Å². The molecule has 7 nitrogen and oxygen atoms in total. The third-order valence-corrected chi connectivity index (χ3v) is 6.03. The summed E-state index contributed by atoms with van der Waals surface area (Å²) in [5, 5.41) is 7.47. The van der Waals surface area contributed by atoms with Gasteiger partial charge in [0.25, 0.3) is 5.91 Å². The van der Waals surface area contributed by atoms with Crippen LogP contribution >= 0.6 is 0 Å². The Balaban J connectivity index is 1.43. The van der Waals surface area contributed by atoms with Crippen LogP contribution in [0.4, 0.5) is 19.0 Å². The highest BCUT2D eigenvalue weighted by Gasteiger charge is 2.31. The number of furan rings is 1. The van der Waals surface area contributed by atoms with E-state index in [1.807, 2.05) is 60.7 Å². The molecular formula is C30H23F3N4O3. The second kappa shape index (κ2) is 11.3. The van der Waals surface area contributed by atoms with Crippen LogP contribution in [0.5, 0.6) is 0 Å². The number of halogens is 3. The zero-order valence-electron chi connectivity index (χ0n) is 21.0. The van der Waals surface area contributed by atoms with E-state index >= 15 is 0 Å². The number of benzene rings is 3. The quantitative estimate of drug-likeness (QED) is 0.244. The second-order valence-electron chi connectivity index (χ2n) is 8.90. The molecule has 0 spiro atoms. The van der Waals surface area contributed by atoms with E-state index in [1.165, 1.54) is 12.3 Å². The Hall–Kier alpha value is -5.12. The Morgan fingerprint density at radius 2 is 1.60 bits per heavy atom. The van der Waals surface area contributed by atoms with Gasteiger partial charge in [-0.25, -0.2) is 4.68 Å². The topological polar surface area (TPSA) is 80.4 Å². The van der Waals surface area contributed by atoms with Crippen molar-refractivity contribution in [2.24, 2.45) is 0 Å². The number of para-hydroxylation sites is 1. The van der Waals surface area contributed by atoms with Crippen LogP contribution in [0.1, 0.15) is 21.7 Å². The molecule has 202 valence electrons. The number of amides is 2. The monoisotopic (exact) mass is 544 g/mol. The van der Waals surface area contributed by atoms with Crippen molar-refractivity contribution in [3.8, 4) is 16.9 Å². The van der Waals surface area contributed by atoms with Crippen molar-refractivity contribution >= 4 is 17.6 Å². The summed E-state index contributed by atoms with van der Waals surface area (Å²) in [6.07, 6.45) is -3.21. The number of rotatable bonds is 8. The van der Waals surface area contributed by atoms with Gasteiger partial charge in [0.1, 0.15) is 18.1 Å². The van der Waals surface area contributed by atoms with E-state index in [0.29, 0.717) is 23.0 Å². The average molecular weight is 545 g/mol. The molecule has 5 rings (SSSR count). The van der Waals surface area contributed by atoms with Crippen LogP contribution in [0.15, 0.2) is 114 Å². The number of hydrogen-bond acceptors (Lipinski definition) is 4. The van der Waals surface area contributed by atoms with Gasteiger partial charge in [-0.05, 0) is 42.5 Å². The largest absolute Gasteiger partial charge is 0.467 e. The maximum atomic E-state index is 13.3. The molecule has 2 heterocycles. The first-order valence-electron chi connectivity index (χ1n) is 12.3. The van der Waals surface area contributed by atoms with Crippen LogP contribution in [0.25, 0.3) is 16.9 Å². The third kappa shape index (κ3) is 6.12. The molecule has 10 heteroatoms. The zero-order chi connectivity index (χ0) is 28.1. The highest BCUT2D eigenvalue weighted by molar-refractivity contribution is 5.99. The predicted octanol–water partition coefficient (Wildman–Crippen LogP) is 6.43. The summed E-state index contributed by atoms with van der Waals surface area (Å²) in [5.74, 6) is -0.587. The number of carbonyl (C=O) groups excluding carboxylic acids is 2. The van der Waals surface area contributed by atoms with Crippen LogP contribution in [0.2, 0.25) is 0 Å². The molecule has 0 bridgehead atoms. The van der Waals surface area contributed by atoms with Gasteiger partial charge < -0.3 is 14.6 Å². The molecule has 0 radical (unpaired) electrons. The Labute approximate surface area is 227 Å². The van der Waals surface area contributed by atoms with Gasteiger partial charge in [0.15, 0.2) is 0 Å². The standard InChI is InChI=1S/C30H23F3N4O3/c31-30(32,33)23-12-7-11-22(17-23)29(39)36(19-25-15-8-16-40-25)20-28(38)34-27-18-26(21-9-3-1-4-10-21)35-37(27)24-13-5-2-6-14-24/h1-18H,19-20H2,(H,34,38). The van der Waals surface area contributed by atoms with E-state index < -0.39 is 30.1 Å². The average Bonchev–Trinajstić information content (AvgIpc) is 3.63. The molecule has 0 aliphatic rings. The molecule has 0 atom stereocenters. The lowest BCUT2D eigenvalue weighted by Gasteiger charge is -2.22. The lowest BCUT2D eigenvalue weighted by Crippen LogP contribution is -2.37. The van der Waals surface area contributed by atoms with Crippen molar-refractivity contribution in [2.45, 2.75) is 12.7 Å². The van der Waals surface area contributed by atoms with Crippen LogP contribution in [0.3, 0.4) is 0 Å². The van der Waals surface area contributed by atoms with E-state index in [1.54, 1.807) is 22.9 Å². The molecule has 3 aromatic carbocycles. The van der Waals surface area contributed by atoms with Crippen molar-refractivity contribution in [3.63, 3.8) is 0 Å². The molecule has 0 aliphatic carbocycles. The van der Waals surface area contributed by atoms with Crippen LogP contribution in [-0.4, -0.2) is 33.0 Å². The van der Waals surface area contributed by atoms with Crippen molar-refractivity contribution in [1.82, 2.24) is 14.7 Å². The van der Waals surface area contributed by atoms with Crippen LogP contribution < -0.4 is 5.32 Å². The van der Waals surface area contributed by atoms with Gasteiger partial charge >= 0.3 is 6.18 Å². The minimum absolute atomic E-state index is 0.122. The molecule has 0 fully saturated rings. The maximum Gasteiger partial charge on any atom is 0.416 e. The normalized spacial score (nSPS) is 11.3. The first kappa shape index (κ1) is 26.5. The smallest absolute Gasteiger partial charge is 0.416 e.